The largest absolute Gasteiger partial charge is 0.333 e. The van der Waals surface area contributed by atoms with Crippen LogP contribution in [0.25, 0.3) is 0 Å². The van der Waals surface area contributed by atoms with E-state index in [0.29, 0.717) is 18.1 Å². The van der Waals surface area contributed by atoms with Gasteiger partial charge in [-0.3, -0.25) is 19.7 Å². The Hall–Kier alpha value is -2.62. The van der Waals surface area contributed by atoms with Crippen LogP contribution in [0.2, 0.25) is 0 Å². The first-order valence-corrected chi connectivity index (χ1v) is 13.3. The van der Waals surface area contributed by atoms with Gasteiger partial charge in [0.15, 0.2) is 0 Å². The molecule has 3 aliphatic rings. The second-order valence-corrected chi connectivity index (χ2v) is 10.7. The van der Waals surface area contributed by atoms with Crippen LogP contribution in [-0.2, 0) is 39.3 Å². The third-order valence-corrected chi connectivity index (χ3v) is 7.32. The monoisotopic (exact) mass is 493 g/mol. The van der Waals surface area contributed by atoms with Gasteiger partial charge in [0.1, 0.15) is 18.0 Å². The van der Waals surface area contributed by atoms with Gasteiger partial charge in [0.05, 0.1) is 25.3 Å². The van der Waals surface area contributed by atoms with Gasteiger partial charge in [0.2, 0.25) is 0 Å². The van der Waals surface area contributed by atoms with Crippen LogP contribution in [0, 0.1) is 0 Å². The number of hydrogen-bond acceptors (Lipinski definition) is 7. The molecule has 0 N–H and O–H groups in total. The van der Waals surface area contributed by atoms with E-state index in [0.717, 1.165) is 58.2 Å². The van der Waals surface area contributed by atoms with Crippen LogP contribution in [-0.4, -0.2) is 75.2 Å². The number of rotatable bonds is 3. The van der Waals surface area contributed by atoms with Crippen molar-refractivity contribution in [1.82, 2.24) is 44.0 Å². The van der Waals surface area contributed by atoms with E-state index in [1.165, 1.54) is 17.1 Å². The zero-order chi connectivity index (χ0) is 25.7. The minimum absolute atomic E-state index is 0.607. The minimum Gasteiger partial charge on any atom is -0.333 e. The Morgan fingerprint density at radius 2 is 1.36 bits per heavy atom. The van der Waals surface area contributed by atoms with Crippen molar-refractivity contribution < 1.29 is 0 Å². The van der Waals surface area contributed by atoms with E-state index in [1.54, 1.807) is 6.33 Å². The summed E-state index contributed by atoms with van der Waals surface area (Å²) in [5.41, 5.74) is 2.65. The van der Waals surface area contributed by atoms with Gasteiger partial charge in [0, 0.05) is 69.4 Å². The van der Waals surface area contributed by atoms with Crippen LogP contribution in [0.1, 0.15) is 64.4 Å². The summed E-state index contributed by atoms with van der Waals surface area (Å²) in [6.07, 6.45) is 7.47. The van der Waals surface area contributed by atoms with E-state index < -0.39 is 0 Å². The van der Waals surface area contributed by atoms with E-state index in [2.05, 4.69) is 93.1 Å². The molecule has 3 aromatic heterocycles. The summed E-state index contributed by atoms with van der Waals surface area (Å²) in [6, 6.07) is 6.05. The molecule has 36 heavy (non-hydrogen) atoms. The number of pyridine rings is 1. The molecule has 3 aromatic rings. The molecule has 0 atom stereocenters. The van der Waals surface area contributed by atoms with Crippen molar-refractivity contribution in [2.24, 2.45) is 0 Å². The van der Waals surface area contributed by atoms with Crippen LogP contribution in [0.3, 0.4) is 0 Å². The van der Waals surface area contributed by atoms with E-state index >= 15 is 0 Å². The molecule has 0 amide bonds. The lowest BCUT2D eigenvalue weighted by Gasteiger charge is -2.30. The van der Waals surface area contributed by atoms with Gasteiger partial charge in [-0.1, -0.05) is 6.07 Å². The average Bonchev–Trinajstić information content (AvgIpc) is 3.62. The molecule has 3 aliphatic heterocycles. The van der Waals surface area contributed by atoms with Crippen LogP contribution >= 0.6 is 0 Å². The molecule has 0 bridgehead atoms. The molecule has 0 spiro atoms. The van der Waals surface area contributed by atoms with Crippen molar-refractivity contribution in [3.05, 3.63) is 60.0 Å². The van der Waals surface area contributed by atoms with Crippen molar-refractivity contribution >= 4 is 0 Å². The van der Waals surface area contributed by atoms with E-state index in [-0.39, 0.29) is 0 Å². The fourth-order valence-corrected chi connectivity index (χ4v) is 4.74. The highest BCUT2D eigenvalue weighted by Crippen LogP contribution is 2.21. The normalized spacial score (nSPS) is 17.8. The Balaban J connectivity index is 0.000000127. The Morgan fingerprint density at radius 1 is 0.667 bits per heavy atom. The van der Waals surface area contributed by atoms with Crippen molar-refractivity contribution in [2.45, 2.75) is 98.9 Å². The predicted octanol–water partition coefficient (Wildman–Crippen LogP) is 3.41. The van der Waals surface area contributed by atoms with Crippen molar-refractivity contribution in [2.75, 3.05) is 13.1 Å². The van der Waals surface area contributed by atoms with Crippen molar-refractivity contribution in [3.8, 4) is 0 Å². The molecule has 0 unspecified atom stereocenters. The quantitative estimate of drug-likeness (QED) is 0.554. The summed E-state index contributed by atoms with van der Waals surface area (Å²) >= 11 is 0. The highest BCUT2D eigenvalue weighted by molar-refractivity contribution is 5.23. The second kappa shape index (κ2) is 12.1. The summed E-state index contributed by atoms with van der Waals surface area (Å²) in [5.74, 6) is 2.30. The lowest BCUT2D eigenvalue weighted by Crippen LogP contribution is -2.38. The van der Waals surface area contributed by atoms with E-state index in [9.17, 15) is 0 Å². The van der Waals surface area contributed by atoms with Gasteiger partial charge >= 0.3 is 0 Å². The third-order valence-electron chi connectivity index (χ3n) is 7.32. The SMILES string of the molecule is CC(C)N1CCn2ccnc2C1.CC(C)N1CCn2ncnc2C1.CC(C)N1Cc2cccnc2C1. The van der Waals surface area contributed by atoms with E-state index in [4.69, 9.17) is 0 Å². The average molecular weight is 494 g/mol. The number of aromatic nitrogens is 6. The zero-order valence-electron chi connectivity index (χ0n) is 22.9. The minimum atomic E-state index is 0.607. The highest BCUT2D eigenvalue weighted by atomic mass is 15.4. The molecule has 6 heterocycles. The molecule has 0 aliphatic carbocycles. The van der Waals surface area contributed by atoms with Crippen molar-refractivity contribution in [3.63, 3.8) is 0 Å². The van der Waals surface area contributed by atoms with Crippen LogP contribution in [0.15, 0.2) is 37.1 Å². The summed E-state index contributed by atoms with van der Waals surface area (Å²) < 4.78 is 4.22. The first-order chi connectivity index (χ1) is 17.3. The van der Waals surface area contributed by atoms with Crippen LogP contribution in [0.5, 0.6) is 0 Å². The highest BCUT2D eigenvalue weighted by Gasteiger charge is 2.21. The maximum Gasteiger partial charge on any atom is 0.141 e. The number of fused-ring (bicyclic) bond motifs is 3. The molecule has 0 radical (unpaired) electrons. The first kappa shape index (κ1) is 26.4. The maximum absolute atomic E-state index is 4.35. The van der Waals surface area contributed by atoms with Gasteiger partial charge in [0.25, 0.3) is 0 Å². The summed E-state index contributed by atoms with van der Waals surface area (Å²) in [6.45, 7) is 21.7. The van der Waals surface area contributed by atoms with Crippen molar-refractivity contribution in [1.29, 1.82) is 0 Å². The zero-order valence-corrected chi connectivity index (χ0v) is 22.9. The summed E-state index contributed by atoms with van der Waals surface area (Å²) in [4.78, 5) is 20.1. The summed E-state index contributed by atoms with van der Waals surface area (Å²) in [5, 5.41) is 4.13. The van der Waals surface area contributed by atoms with Gasteiger partial charge in [-0.05, 0) is 53.2 Å². The molecule has 196 valence electrons. The Labute approximate surface area is 216 Å². The van der Waals surface area contributed by atoms with Crippen LogP contribution in [0.4, 0.5) is 0 Å². The standard InChI is InChI=1S/C10H14N2.C9H15N3.C8H14N4/c1-8(2)12-6-9-4-3-5-11-10(9)7-12;1-8(2)12-6-5-11-4-3-10-9(11)7-12;1-7(2)11-3-4-12-8(5-11)9-6-10-12/h3-5,8H,6-7H2,1-2H3;3-4,8H,5-7H2,1-2H3;6-7H,3-5H2,1-2H3. The molecule has 0 fully saturated rings. The first-order valence-electron chi connectivity index (χ1n) is 13.3. The molecule has 9 nitrogen and oxygen atoms in total. The Kier molecular flexibility index (Phi) is 8.87. The number of hydrogen-bond donors (Lipinski definition) is 0. The Morgan fingerprint density at radius 3 is 2.06 bits per heavy atom. The molecule has 0 saturated carbocycles. The molecular weight excluding hydrogens is 450 g/mol. The fourth-order valence-electron chi connectivity index (χ4n) is 4.74. The predicted molar refractivity (Wildman–Crippen MR) is 142 cm³/mol. The van der Waals surface area contributed by atoms with Gasteiger partial charge in [-0.25, -0.2) is 14.6 Å². The number of imidazole rings is 1. The Bertz CT molecular complexity index is 995. The fraction of sp³-hybridized carbons (Fsp3) is 0.630. The topological polar surface area (TPSA) is 71.1 Å². The molecular formula is C27H43N9. The van der Waals surface area contributed by atoms with Gasteiger partial charge in [-0.15, -0.1) is 0 Å². The second-order valence-electron chi connectivity index (χ2n) is 10.7. The molecule has 0 aromatic carbocycles. The maximum atomic E-state index is 4.35. The van der Waals surface area contributed by atoms with Gasteiger partial charge in [-0.2, -0.15) is 5.10 Å². The van der Waals surface area contributed by atoms with Crippen LogP contribution < -0.4 is 0 Å². The third kappa shape index (κ3) is 6.57. The van der Waals surface area contributed by atoms with Gasteiger partial charge < -0.3 is 4.57 Å². The lowest BCUT2D eigenvalue weighted by atomic mass is 10.2. The lowest BCUT2D eigenvalue weighted by molar-refractivity contribution is 0.167. The number of nitrogens with zero attached hydrogens (tertiary/aromatic N) is 9. The smallest absolute Gasteiger partial charge is 0.141 e. The molecule has 9 heteroatoms. The molecule has 0 saturated heterocycles. The molecule has 6 rings (SSSR count). The van der Waals surface area contributed by atoms with E-state index in [1.807, 2.05) is 23.1 Å². The summed E-state index contributed by atoms with van der Waals surface area (Å²) in [7, 11) is 0.